The summed E-state index contributed by atoms with van der Waals surface area (Å²) in [5.41, 5.74) is 4.69. The lowest BCUT2D eigenvalue weighted by atomic mass is 10.0. The van der Waals surface area contributed by atoms with Crippen molar-refractivity contribution in [2.24, 2.45) is 0 Å². The number of carboxylic acids is 1. The molecule has 1 amide bonds. The molecule has 2 rings (SSSR count). The third kappa shape index (κ3) is 5.25. The monoisotopic (exact) mass is 311 g/mol. The Morgan fingerprint density at radius 2 is 1.70 bits per heavy atom. The van der Waals surface area contributed by atoms with Gasteiger partial charge in [-0.3, -0.25) is 9.59 Å². The molecule has 120 valence electrons. The molecule has 0 saturated carbocycles. The van der Waals surface area contributed by atoms with Gasteiger partial charge in [-0.05, 0) is 37.5 Å². The Labute approximate surface area is 136 Å². The number of amides is 1. The maximum atomic E-state index is 12.1. The Kier molecular flexibility index (Phi) is 5.52. The number of hydrogen-bond acceptors (Lipinski definition) is 2. The van der Waals surface area contributed by atoms with Gasteiger partial charge in [-0.15, -0.1) is 0 Å². The highest BCUT2D eigenvalue weighted by Crippen LogP contribution is 2.17. The summed E-state index contributed by atoms with van der Waals surface area (Å²) >= 11 is 0. The van der Waals surface area contributed by atoms with E-state index < -0.39 is 5.97 Å². The fourth-order valence-electron chi connectivity index (χ4n) is 2.64. The lowest BCUT2D eigenvalue weighted by molar-refractivity contribution is -0.136. The highest BCUT2D eigenvalue weighted by molar-refractivity contribution is 5.92. The topological polar surface area (TPSA) is 66.4 Å². The van der Waals surface area contributed by atoms with Crippen molar-refractivity contribution < 1.29 is 14.7 Å². The lowest BCUT2D eigenvalue weighted by Crippen LogP contribution is -2.14. The van der Waals surface area contributed by atoms with Crippen LogP contribution in [0.3, 0.4) is 0 Å². The lowest BCUT2D eigenvalue weighted by Gasteiger charge is -2.10. The number of anilines is 1. The molecule has 0 saturated heterocycles. The van der Waals surface area contributed by atoms with Crippen LogP contribution >= 0.6 is 0 Å². The second-order valence-corrected chi connectivity index (χ2v) is 5.77. The van der Waals surface area contributed by atoms with Crippen LogP contribution in [0, 0.1) is 13.8 Å². The van der Waals surface area contributed by atoms with E-state index in [4.69, 9.17) is 5.11 Å². The number of carboxylic acid groups (broad SMARTS) is 1. The number of benzene rings is 2. The second-order valence-electron chi connectivity index (χ2n) is 5.77. The van der Waals surface area contributed by atoms with Crippen molar-refractivity contribution in [1.82, 2.24) is 0 Å². The highest BCUT2D eigenvalue weighted by Gasteiger charge is 2.09. The number of hydrogen-bond donors (Lipinski definition) is 2. The molecule has 4 nitrogen and oxygen atoms in total. The maximum absolute atomic E-state index is 12.1. The van der Waals surface area contributed by atoms with Crippen LogP contribution in [-0.2, 0) is 22.4 Å². The molecule has 0 aromatic heterocycles. The number of carbonyl (C=O) groups is 2. The molecule has 0 unspecified atom stereocenters. The third-order valence-corrected chi connectivity index (χ3v) is 3.56. The minimum absolute atomic E-state index is 0.104. The van der Waals surface area contributed by atoms with Gasteiger partial charge in [-0.1, -0.05) is 47.5 Å². The van der Waals surface area contributed by atoms with E-state index in [1.54, 1.807) is 24.3 Å². The van der Waals surface area contributed by atoms with E-state index in [0.29, 0.717) is 24.1 Å². The minimum Gasteiger partial charge on any atom is -0.481 e. The maximum Gasteiger partial charge on any atom is 0.307 e. The van der Waals surface area contributed by atoms with Crippen LogP contribution in [0.2, 0.25) is 0 Å². The highest BCUT2D eigenvalue weighted by atomic mass is 16.4. The molecule has 0 fully saturated rings. The summed E-state index contributed by atoms with van der Waals surface area (Å²) in [6.45, 7) is 4.08. The summed E-state index contributed by atoms with van der Waals surface area (Å²) < 4.78 is 0. The molecular weight excluding hydrogens is 290 g/mol. The van der Waals surface area contributed by atoms with Crippen molar-refractivity contribution in [2.75, 3.05) is 5.32 Å². The van der Waals surface area contributed by atoms with E-state index in [2.05, 4.69) is 23.5 Å². The smallest absolute Gasteiger partial charge is 0.307 e. The first-order valence-corrected chi connectivity index (χ1v) is 7.61. The third-order valence-electron chi connectivity index (χ3n) is 3.56. The van der Waals surface area contributed by atoms with Crippen molar-refractivity contribution in [3.05, 3.63) is 64.7 Å². The van der Waals surface area contributed by atoms with Gasteiger partial charge < -0.3 is 10.4 Å². The van der Waals surface area contributed by atoms with Crippen molar-refractivity contribution in [3.8, 4) is 0 Å². The molecule has 2 N–H and O–H groups in total. The first-order valence-electron chi connectivity index (χ1n) is 7.61. The fraction of sp³-hybridized carbons (Fsp3) is 0.263. The summed E-state index contributed by atoms with van der Waals surface area (Å²) in [6.07, 6.45) is 0.924. The normalized spacial score (nSPS) is 10.3. The average molecular weight is 311 g/mol. The van der Waals surface area contributed by atoms with E-state index in [1.165, 1.54) is 11.1 Å². The van der Waals surface area contributed by atoms with Crippen LogP contribution in [0.25, 0.3) is 0 Å². The number of rotatable bonds is 6. The van der Waals surface area contributed by atoms with E-state index in [0.717, 1.165) is 5.56 Å². The average Bonchev–Trinajstić information content (AvgIpc) is 2.46. The van der Waals surface area contributed by atoms with E-state index in [-0.39, 0.29) is 12.3 Å². The number of aryl methyl sites for hydroxylation is 3. The van der Waals surface area contributed by atoms with E-state index >= 15 is 0 Å². The van der Waals surface area contributed by atoms with E-state index in [9.17, 15) is 9.59 Å². The van der Waals surface area contributed by atoms with Crippen LogP contribution in [0.1, 0.15) is 28.7 Å². The Hall–Kier alpha value is -2.62. The molecule has 0 heterocycles. The number of para-hydroxylation sites is 1. The summed E-state index contributed by atoms with van der Waals surface area (Å²) in [5, 5.41) is 11.7. The van der Waals surface area contributed by atoms with Gasteiger partial charge in [0.05, 0.1) is 6.42 Å². The first kappa shape index (κ1) is 16.7. The summed E-state index contributed by atoms with van der Waals surface area (Å²) in [6, 6.07) is 13.3. The minimum atomic E-state index is -0.915. The molecule has 4 heteroatoms. The Morgan fingerprint density at radius 3 is 2.35 bits per heavy atom. The Balaban J connectivity index is 1.98. The molecular formula is C19H21NO3. The Bertz CT molecular complexity index is 702. The molecule has 0 aliphatic carbocycles. The quantitative estimate of drug-likeness (QED) is 0.858. The molecule has 23 heavy (non-hydrogen) atoms. The van der Waals surface area contributed by atoms with Crippen LogP contribution < -0.4 is 5.32 Å². The standard InChI is InChI=1S/C19H21NO3/c1-13-9-14(2)11-15(10-13)7-8-18(21)20-17-6-4-3-5-16(17)12-19(22)23/h3-6,9-11H,7-8,12H2,1-2H3,(H,20,21)(H,22,23). The molecule has 0 bridgehead atoms. The van der Waals surface area contributed by atoms with Crippen molar-refractivity contribution >= 4 is 17.6 Å². The van der Waals surface area contributed by atoms with E-state index in [1.807, 2.05) is 13.8 Å². The van der Waals surface area contributed by atoms with Gasteiger partial charge in [-0.2, -0.15) is 0 Å². The molecule has 0 atom stereocenters. The summed E-state index contributed by atoms with van der Waals surface area (Å²) in [5.74, 6) is -1.02. The predicted octanol–water partition coefficient (Wildman–Crippen LogP) is 3.50. The van der Waals surface area contributed by atoms with Crippen LogP contribution in [0.15, 0.2) is 42.5 Å². The molecule has 0 aliphatic heterocycles. The van der Waals surface area contributed by atoms with Gasteiger partial charge in [0.2, 0.25) is 5.91 Å². The van der Waals surface area contributed by atoms with Gasteiger partial charge in [0.25, 0.3) is 0 Å². The van der Waals surface area contributed by atoms with Crippen molar-refractivity contribution in [2.45, 2.75) is 33.1 Å². The summed E-state index contributed by atoms with van der Waals surface area (Å²) in [7, 11) is 0. The van der Waals surface area contributed by atoms with Crippen LogP contribution in [0.5, 0.6) is 0 Å². The largest absolute Gasteiger partial charge is 0.481 e. The van der Waals surface area contributed by atoms with Crippen LogP contribution in [-0.4, -0.2) is 17.0 Å². The van der Waals surface area contributed by atoms with Gasteiger partial charge in [0.15, 0.2) is 0 Å². The molecule has 0 spiro atoms. The van der Waals surface area contributed by atoms with Crippen molar-refractivity contribution in [1.29, 1.82) is 0 Å². The second kappa shape index (κ2) is 7.58. The fourth-order valence-corrected chi connectivity index (χ4v) is 2.64. The first-order chi connectivity index (χ1) is 10.9. The number of nitrogens with one attached hydrogen (secondary N) is 1. The molecule has 2 aromatic rings. The summed E-state index contributed by atoms with van der Waals surface area (Å²) in [4.78, 5) is 23.0. The number of aliphatic carboxylic acids is 1. The zero-order valence-electron chi connectivity index (χ0n) is 13.4. The number of carbonyl (C=O) groups excluding carboxylic acids is 1. The van der Waals surface area contributed by atoms with Gasteiger partial charge in [-0.25, -0.2) is 0 Å². The Morgan fingerprint density at radius 1 is 1.04 bits per heavy atom. The van der Waals surface area contributed by atoms with Gasteiger partial charge in [0.1, 0.15) is 0 Å². The SMILES string of the molecule is Cc1cc(C)cc(CCC(=O)Nc2ccccc2CC(=O)O)c1. The van der Waals surface area contributed by atoms with Gasteiger partial charge >= 0.3 is 5.97 Å². The molecule has 0 radical (unpaired) electrons. The van der Waals surface area contributed by atoms with Gasteiger partial charge in [0, 0.05) is 12.1 Å². The zero-order chi connectivity index (χ0) is 16.8. The zero-order valence-corrected chi connectivity index (χ0v) is 13.4. The predicted molar refractivity (Wildman–Crippen MR) is 90.6 cm³/mol. The van der Waals surface area contributed by atoms with Crippen LogP contribution in [0.4, 0.5) is 5.69 Å². The molecule has 2 aromatic carbocycles. The molecule has 0 aliphatic rings. The van der Waals surface area contributed by atoms with Crippen molar-refractivity contribution in [3.63, 3.8) is 0 Å².